The first-order chi connectivity index (χ1) is 11.8. The second kappa shape index (κ2) is 7.31. The highest BCUT2D eigenvalue weighted by Crippen LogP contribution is 2.35. The first kappa shape index (κ1) is 18.4. The number of rotatable bonds is 5. The number of nitro benzene ring substituents is 1. The number of carbonyl (C=O) groups excluding carboxylic acids is 2. The van der Waals surface area contributed by atoms with E-state index >= 15 is 0 Å². The van der Waals surface area contributed by atoms with Crippen LogP contribution in [0.5, 0.6) is 0 Å². The molecule has 25 heavy (non-hydrogen) atoms. The number of allylic oxidation sites excluding steroid dienone is 1. The Morgan fingerprint density at radius 3 is 2.72 bits per heavy atom. The fraction of sp³-hybridized carbons (Fsp3) is 0.375. The van der Waals surface area contributed by atoms with Crippen molar-refractivity contribution in [2.75, 3.05) is 6.73 Å². The third-order valence-corrected chi connectivity index (χ3v) is 3.66. The second-order valence-corrected chi connectivity index (χ2v) is 5.79. The van der Waals surface area contributed by atoms with Crippen molar-refractivity contribution in [1.29, 1.82) is 0 Å². The SMILES string of the molecule is CC1=C(C(=O)OC(C)C)[C@H](c2cccc([N+](=O)[O-])c2)N(CO)C(=O)N1. The molecule has 0 bridgehead atoms. The first-order valence-corrected chi connectivity index (χ1v) is 7.60. The quantitative estimate of drug-likeness (QED) is 0.475. The Balaban J connectivity index is 2.59. The monoisotopic (exact) mass is 349 g/mol. The lowest BCUT2D eigenvalue weighted by atomic mass is 9.94. The van der Waals surface area contributed by atoms with E-state index in [1.807, 2.05) is 0 Å². The van der Waals surface area contributed by atoms with Crippen LogP contribution in [0, 0.1) is 10.1 Å². The summed E-state index contributed by atoms with van der Waals surface area (Å²) in [5.74, 6) is -0.664. The fourth-order valence-electron chi connectivity index (χ4n) is 2.62. The smallest absolute Gasteiger partial charge is 0.338 e. The van der Waals surface area contributed by atoms with Gasteiger partial charge in [0.05, 0.1) is 22.6 Å². The third-order valence-electron chi connectivity index (χ3n) is 3.66. The number of hydrogen-bond donors (Lipinski definition) is 2. The molecule has 1 aromatic carbocycles. The third kappa shape index (κ3) is 3.77. The van der Waals surface area contributed by atoms with E-state index in [0.29, 0.717) is 5.56 Å². The summed E-state index contributed by atoms with van der Waals surface area (Å²) in [5, 5.41) is 23.1. The number of amides is 2. The summed E-state index contributed by atoms with van der Waals surface area (Å²) in [6, 6.07) is 3.97. The van der Waals surface area contributed by atoms with Crippen molar-refractivity contribution >= 4 is 17.7 Å². The van der Waals surface area contributed by atoms with Gasteiger partial charge in [0.2, 0.25) is 0 Å². The van der Waals surface area contributed by atoms with E-state index < -0.39 is 35.8 Å². The molecular formula is C16H19N3O6. The summed E-state index contributed by atoms with van der Waals surface area (Å²) in [6.45, 7) is 4.22. The van der Waals surface area contributed by atoms with E-state index in [1.165, 1.54) is 25.1 Å². The summed E-state index contributed by atoms with van der Waals surface area (Å²) < 4.78 is 5.23. The van der Waals surface area contributed by atoms with Gasteiger partial charge in [-0.25, -0.2) is 9.59 Å². The maximum atomic E-state index is 12.5. The van der Waals surface area contributed by atoms with Crippen molar-refractivity contribution in [2.45, 2.75) is 32.9 Å². The molecule has 0 aromatic heterocycles. The molecule has 0 saturated heterocycles. The molecule has 0 fully saturated rings. The number of benzene rings is 1. The number of non-ortho nitro benzene ring substituents is 1. The van der Waals surface area contributed by atoms with Gasteiger partial charge in [0, 0.05) is 17.8 Å². The Bertz CT molecular complexity index is 743. The molecule has 2 amide bonds. The lowest BCUT2D eigenvalue weighted by Crippen LogP contribution is -2.49. The van der Waals surface area contributed by atoms with Crippen molar-refractivity contribution in [3.05, 3.63) is 51.2 Å². The van der Waals surface area contributed by atoms with Gasteiger partial charge < -0.3 is 15.2 Å². The highest BCUT2D eigenvalue weighted by atomic mass is 16.6. The molecule has 2 N–H and O–H groups in total. The zero-order valence-corrected chi connectivity index (χ0v) is 14.1. The summed E-state index contributed by atoms with van der Waals surface area (Å²) >= 11 is 0. The molecule has 9 heteroatoms. The number of aliphatic hydroxyl groups is 1. The van der Waals surface area contributed by atoms with Gasteiger partial charge >= 0.3 is 12.0 Å². The average molecular weight is 349 g/mol. The summed E-state index contributed by atoms with van der Waals surface area (Å²) in [6.07, 6.45) is -0.390. The van der Waals surface area contributed by atoms with Crippen molar-refractivity contribution in [3.63, 3.8) is 0 Å². The number of ether oxygens (including phenoxy) is 1. The number of esters is 1. The van der Waals surface area contributed by atoms with Crippen LogP contribution in [0.4, 0.5) is 10.5 Å². The standard InChI is InChI=1S/C16H19N3O6/c1-9(2)25-15(21)13-10(3)17-16(22)18(8-20)14(13)11-5-4-6-12(7-11)19(23)24/h4-7,9,14,20H,8H2,1-3H3,(H,17,22)/t14-/m0/s1. The van der Waals surface area contributed by atoms with E-state index in [0.717, 1.165) is 4.90 Å². The Kier molecular flexibility index (Phi) is 5.38. The summed E-state index contributed by atoms with van der Waals surface area (Å²) in [4.78, 5) is 36.1. The van der Waals surface area contributed by atoms with Crippen LogP contribution >= 0.6 is 0 Å². The van der Waals surface area contributed by atoms with Gasteiger partial charge in [0.15, 0.2) is 0 Å². The number of nitrogens with one attached hydrogen (secondary N) is 1. The van der Waals surface area contributed by atoms with Gasteiger partial charge in [-0.15, -0.1) is 0 Å². The van der Waals surface area contributed by atoms with Gasteiger partial charge in [-0.3, -0.25) is 15.0 Å². The minimum absolute atomic E-state index is 0.114. The van der Waals surface area contributed by atoms with Crippen LogP contribution in [-0.4, -0.2) is 39.8 Å². The number of carbonyl (C=O) groups is 2. The summed E-state index contributed by atoms with van der Waals surface area (Å²) in [5.41, 5.74) is 0.531. The van der Waals surface area contributed by atoms with E-state index in [-0.39, 0.29) is 17.0 Å². The highest BCUT2D eigenvalue weighted by molar-refractivity contribution is 5.95. The molecule has 0 radical (unpaired) electrons. The predicted octanol–water partition coefficient (Wildman–Crippen LogP) is 1.84. The molecule has 1 heterocycles. The minimum Gasteiger partial charge on any atom is -0.459 e. The molecule has 1 aromatic rings. The van der Waals surface area contributed by atoms with Crippen molar-refractivity contribution < 1.29 is 24.4 Å². The zero-order chi connectivity index (χ0) is 18.7. The Morgan fingerprint density at radius 1 is 1.48 bits per heavy atom. The Labute approximate surface area is 144 Å². The van der Waals surface area contributed by atoms with E-state index in [4.69, 9.17) is 4.74 Å². The van der Waals surface area contributed by atoms with E-state index in [9.17, 15) is 24.8 Å². The number of hydrogen-bond acceptors (Lipinski definition) is 6. The van der Waals surface area contributed by atoms with Crippen LogP contribution in [0.15, 0.2) is 35.5 Å². The van der Waals surface area contributed by atoms with Crippen LogP contribution in [-0.2, 0) is 9.53 Å². The predicted molar refractivity (Wildman–Crippen MR) is 87.2 cm³/mol. The molecular weight excluding hydrogens is 330 g/mol. The molecule has 134 valence electrons. The second-order valence-electron chi connectivity index (χ2n) is 5.79. The van der Waals surface area contributed by atoms with Gasteiger partial charge in [-0.1, -0.05) is 12.1 Å². The average Bonchev–Trinajstić information content (AvgIpc) is 2.53. The molecule has 9 nitrogen and oxygen atoms in total. The molecule has 1 aliphatic rings. The normalized spacial score (nSPS) is 17.6. The maximum Gasteiger partial charge on any atom is 0.338 e. The number of nitro groups is 1. The zero-order valence-electron chi connectivity index (χ0n) is 14.1. The van der Waals surface area contributed by atoms with Gasteiger partial charge in [-0.2, -0.15) is 0 Å². The van der Waals surface area contributed by atoms with Gasteiger partial charge in [0.25, 0.3) is 5.69 Å². The molecule has 0 saturated carbocycles. The first-order valence-electron chi connectivity index (χ1n) is 7.60. The number of aliphatic hydroxyl groups excluding tert-OH is 1. The Morgan fingerprint density at radius 2 is 2.16 bits per heavy atom. The van der Waals surface area contributed by atoms with Crippen molar-refractivity contribution in [2.24, 2.45) is 0 Å². The molecule has 2 rings (SSSR count). The minimum atomic E-state index is -0.995. The van der Waals surface area contributed by atoms with Crippen molar-refractivity contribution in [1.82, 2.24) is 10.2 Å². The molecule has 1 aliphatic heterocycles. The van der Waals surface area contributed by atoms with Gasteiger partial charge in [-0.05, 0) is 26.3 Å². The van der Waals surface area contributed by atoms with E-state index in [1.54, 1.807) is 19.9 Å². The van der Waals surface area contributed by atoms with Crippen LogP contribution < -0.4 is 5.32 Å². The summed E-state index contributed by atoms with van der Waals surface area (Å²) in [7, 11) is 0. The Hall–Kier alpha value is -2.94. The maximum absolute atomic E-state index is 12.5. The number of nitrogens with zero attached hydrogens (tertiary/aromatic N) is 2. The fourth-order valence-corrected chi connectivity index (χ4v) is 2.62. The van der Waals surface area contributed by atoms with Crippen LogP contribution in [0.2, 0.25) is 0 Å². The van der Waals surface area contributed by atoms with Crippen molar-refractivity contribution in [3.8, 4) is 0 Å². The van der Waals surface area contributed by atoms with Crippen LogP contribution in [0.1, 0.15) is 32.4 Å². The van der Waals surface area contributed by atoms with Crippen LogP contribution in [0.25, 0.3) is 0 Å². The molecule has 0 aliphatic carbocycles. The van der Waals surface area contributed by atoms with Gasteiger partial charge in [0.1, 0.15) is 6.73 Å². The lowest BCUT2D eigenvalue weighted by molar-refractivity contribution is -0.384. The van der Waals surface area contributed by atoms with Crippen LogP contribution in [0.3, 0.4) is 0 Å². The molecule has 1 atom stereocenters. The lowest BCUT2D eigenvalue weighted by Gasteiger charge is -2.36. The molecule has 0 spiro atoms. The number of urea groups is 1. The largest absolute Gasteiger partial charge is 0.459 e. The highest BCUT2D eigenvalue weighted by Gasteiger charge is 2.38. The topological polar surface area (TPSA) is 122 Å². The van der Waals surface area contributed by atoms with E-state index in [2.05, 4.69) is 5.32 Å². The molecule has 0 unspecified atom stereocenters.